The van der Waals surface area contributed by atoms with Crippen LogP contribution in [-0.2, 0) is 14.3 Å². The molecule has 1 aromatic heterocycles. The topological polar surface area (TPSA) is 68.7 Å². The van der Waals surface area contributed by atoms with Crippen molar-refractivity contribution >= 4 is 23.8 Å². The fourth-order valence-electron chi connectivity index (χ4n) is 3.13. The lowest BCUT2D eigenvalue weighted by Gasteiger charge is -2.30. The number of carbonyl (C=O) groups is 2. The first-order valence-electron chi connectivity index (χ1n) is 9.42. The summed E-state index contributed by atoms with van der Waals surface area (Å²) in [7, 11) is 0. The monoisotopic (exact) mass is 394 g/mol. The predicted octanol–water partition coefficient (Wildman–Crippen LogP) is 4.44. The first-order chi connectivity index (χ1) is 12.6. The van der Waals surface area contributed by atoms with Crippen molar-refractivity contribution in [2.75, 3.05) is 13.2 Å². The third kappa shape index (κ3) is 5.61. The second kappa shape index (κ2) is 8.95. The van der Waals surface area contributed by atoms with Gasteiger partial charge in [0.05, 0.1) is 24.3 Å². The van der Waals surface area contributed by atoms with E-state index in [0.717, 1.165) is 10.6 Å². The zero-order valence-corrected chi connectivity index (χ0v) is 17.8. The zero-order valence-electron chi connectivity index (χ0n) is 17.0. The average molecular weight is 395 g/mol. The highest BCUT2D eigenvalue weighted by atomic mass is 32.2. The zero-order chi connectivity index (χ0) is 20.2. The molecule has 0 bridgehead atoms. The summed E-state index contributed by atoms with van der Waals surface area (Å²) in [5.41, 5.74) is 0.126. The first-order valence-corrected chi connectivity index (χ1v) is 10.3. The highest BCUT2D eigenvalue weighted by Gasteiger charge is 2.46. The predicted molar refractivity (Wildman–Crippen MR) is 106 cm³/mol. The van der Waals surface area contributed by atoms with Crippen molar-refractivity contribution in [3.8, 4) is 0 Å². The Morgan fingerprint density at radius 3 is 2.67 bits per heavy atom. The Kier molecular flexibility index (Phi) is 7.14. The minimum absolute atomic E-state index is 0.292. The lowest BCUT2D eigenvalue weighted by atomic mass is 9.97. The van der Waals surface area contributed by atoms with E-state index in [9.17, 15) is 9.59 Å². The summed E-state index contributed by atoms with van der Waals surface area (Å²) < 4.78 is 10.9. The Hall–Kier alpha value is -1.76. The summed E-state index contributed by atoms with van der Waals surface area (Å²) in [5, 5.41) is 0.352. The second-order valence-electron chi connectivity index (χ2n) is 7.82. The minimum Gasteiger partial charge on any atom is -0.466 e. The van der Waals surface area contributed by atoms with Crippen LogP contribution in [0.25, 0.3) is 0 Å². The molecule has 1 fully saturated rings. The van der Waals surface area contributed by atoms with Gasteiger partial charge in [0, 0.05) is 22.9 Å². The van der Waals surface area contributed by atoms with E-state index in [1.54, 1.807) is 29.8 Å². The summed E-state index contributed by atoms with van der Waals surface area (Å²) in [6.07, 6.45) is 1.81. The van der Waals surface area contributed by atoms with Crippen molar-refractivity contribution in [1.29, 1.82) is 0 Å². The van der Waals surface area contributed by atoms with Gasteiger partial charge in [-0.25, -0.2) is 4.79 Å². The summed E-state index contributed by atoms with van der Waals surface area (Å²) in [5.74, 6) is -0.737. The van der Waals surface area contributed by atoms with Crippen molar-refractivity contribution in [2.45, 2.75) is 69.8 Å². The van der Waals surface area contributed by atoms with E-state index in [2.05, 4.69) is 18.8 Å². The number of nitrogens with zero attached hydrogens (tertiary/aromatic N) is 2. The Morgan fingerprint density at radius 1 is 1.37 bits per heavy atom. The molecule has 1 aliphatic heterocycles. The number of pyridine rings is 1. The largest absolute Gasteiger partial charge is 0.466 e. The SMILES string of the molecule is CCOC(=O)[C@@H]1CCN(C(=O)OC(C)(C)C)[C@H]1c1ncccc1SC(C)C. The van der Waals surface area contributed by atoms with Gasteiger partial charge in [0.25, 0.3) is 0 Å². The average Bonchev–Trinajstić information content (AvgIpc) is 2.98. The maximum absolute atomic E-state index is 12.8. The van der Waals surface area contributed by atoms with E-state index in [1.165, 1.54) is 0 Å². The molecule has 1 saturated heterocycles. The number of esters is 1. The van der Waals surface area contributed by atoms with Gasteiger partial charge in [0.1, 0.15) is 5.60 Å². The van der Waals surface area contributed by atoms with Crippen LogP contribution in [0.3, 0.4) is 0 Å². The highest BCUT2D eigenvalue weighted by Crippen LogP contribution is 2.42. The molecule has 0 spiro atoms. The quantitative estimate of drug-likeness (QED) is 0.543. The van der Waals surface area contributed by atoms with Gasteiger partial charge in [-0.05, 0) is 46.2 Å². The van der Waals surface area contributed by atoms with Crippen LogP contribution in [-0.4, -0.2) is 45.9 Å². The molecule has 0 aliphatic carbocycles. The third-order valence-electron chi connectivity index (χ3n) is 4.06. The summed E-state index contributed by atoms with van der Waals surface area (Å²) >= 11 is 1.67. The number of carbonyl (C=O) groups excluding carboxylic acids is 2. The fourth-order valence-corrected chi connectivity index (χ4v) is 4.09. The molecule has 2 heterocycles. The number of thioether (sulfide) groups is 1. The van der Waals surface area contributed by atoms with Gasteiger partial charge in [0.2, 0.25) is 0 Å². The molecule has 0 radical (unpaired) electrons. The number of hydrogen-bond acceptors (Lipinski definition) is 6. The Labute approximate surface area is 166 Å². The lowest BCUT2D eigenvalue weighted by Crippen LogP contribution is -2.38. The molecule has 0 N–H and O–H groups in total. The van der Waals surface area contributed by atoms with Crippen LogP contribution in [0, 0.1) is 5.92 Å². The second-order valence-corrected chi connectivity index (χ2v) is 9.44. The maximum Gasteiger partial charge on any atom is 0.410 e. The van der Waals surface area contributed by atoms with E-state index in [4.69, 9.17) is 9.47 Å². The molecule has 0 aromatic carbocycles. The van der Waals surface area contributed by atoms with Gasteiger partial charge < -0.3 is 9.47 Å². The summed E-state index contributed by atoms with van der Waals surface area (Å²) in [6.45, 7) is 12.2. The molecule has 2 rings (SSSR count). The standard InChI is InChI=1S/C20H30N2O4S/c1-7-25-18(23)14-10-12-22(19(24)26-20(4,5)6)17(14)16-15(27-13(2)3)9-8-11-21-16/h8-9,11,13-14,17H,7,10,12H2,1-6H3/t14-,17-/m1/s1. The van der Waals surface area contributed by atoms with Crippen LogP contribution in [0.4, 0.5) is 4.79 Å². The van der Waals surface area contributed by atoms with Gasteiger partial charge >= 0.3 is 12.1 Å². The van der Waals surface area contributed by atoms with Crippen molar-refractivity contribution < 1.29 is 19.1 Å². The third-order valence-corrected chi connectivity index (χ3v) is 5.13. The Bertz CT molecular complexity index is 672. The molecule has 1 amide bonds. The van der Waals surface area contributed by atoms with Gasteiger partial charge in [-0.3, -0.25) is 14.7 Å². The highest BCUT2D eigenvalue weighted by molar-refractivity contribution is 8.00. The van der Waals surface area contributed by atoms with Crippen LogP contribution in [0.1, 0.15) is 59.7 Å². The first kappa shape index (κ1) is 21.5. The van der Waals surface area contributed by atoms with Crippen LogP contribution in [0.5, 0.6) is 0 Å². The van der Waals surface area contributed by atoms with E-state index < -0.39 is 23.7 Å². The molecule has 0 saturated carbocycles. The molecule has 7 heteroatoms. The van der Waals surface area contributed by atoms with Crippen molar-refractivity contribution in [3.05, 3.63) is 24.0 Å². The van der Waals surface area contributed by atoms with Gasteiger partial charge in [-0.15, -0.1) is 11.8 Å². The van der Waals surface area contributed by atoms with Crippen LogP contribution in [0.15, 0.2) is 23.2 Å². The molecular formula is C20H30N2O4S. The van der Waals surface area contributed by atoms with Crippen LogP contribution >= 0.6 is 11.8 Å². The molecular weight excluding hydrogens is 364 g/mol. The van der Waals surface area contributed by atoms with E-state index in [-0.39, 0.29) is 5.97 Å². The van der Waals surface area contributed by atoms with E-state index in [0.29, 0.717) is 24.8 Å². The number of ether oxygens (including phenoxy) is 2. The maximum atomic E-state index is 12.8. The van der Waals surface area contributed by atoms with Crippen molar-refractivity contribution in [2.24, 2.45) is 5.92 Å². The number of hydrogen-bond donors (Lipinski definition) is 0. The van der Waals surface area contributed by atoms with Crippen LogP contribution < -0.4 is 0 Å². The summed E-state index contributed by atoms with van der Waals surface area (Å²) in [4.78, 5) is 32.6. The van der Waals surface area contributed by atoms with Crippen molar-refractivity contribution in [1.82, 2.24) is 9.88 Å². The normalized spacial score (nSPS) is 20.0. The molecule has 150 valence electrons. The van der Waals surface area contributed by atoms with E-state index in [1.807, 2.05) is 32.9 Å². The number of likely N-dealkylation sites (tertiary alicyclic amines) is 1. The molecule has 2 atom stereocenters. The lowest BCUT2D eigenvalue weighted by molar-refractivity contribution is -0.148. The van der Waals surface area contributed by atoms with Gasteiger partial charge in [-0.1, -0.05) is 13.8 Å². The smallest absolute Gasteiger partial charge is 0.410 e. The minimum atomic E-state index is -0.608. The molecule has 1 aromatic rings. The van der Waals surface area contributed by atoms with Crippen molar-refractivity contribution in [3.63, 3.8) is 0 Å². The molecule has 0 unspecified atom stereocenters. The number of aromatic nitrogens is 1. The molecule has 27 heavy (non-hydrogen) atoms. The molecule has 6 nitrogen and oxygen atoms in total. The van der Waals surface area contributed by atoms with Gasteiger partial charge in [-0.2, -0.15) is 0 Å². The molecule has 1 aliphatic rings. The summed E-state index contributed by atoms with van der Waals surface area (Å²) in [6, 6.07) is 3.38. The Balaban J connectivity index is 2.42. The Morgan fingerprint density at radius 2 is 2.07 bits per heavy atom. The van der Waals surface area contributed by atoms with Crippen LogP contribution in [0.2, 0.25) is 0 Å². The number of rotatable bonds is 5. The fraction of sp³-hybridized carbons (Fsp3) is 0.650. The number of amides is 1. The van der Waals surface area contributed by atoms with Gasteiger partial charge in [0.15, 0.2) is 0 Å². The van der Waals surface area contributed by atoms with E-state index >= 15 is 0 Å².